The quantitative estimate of drug-likeness (QED) is 0.793. The molecule has 0 radical (unpaired) electrons. The van der Waals surface area contributed by atoms with Crippen LogP contribution < -0.4 is 14.8 Å². The molecule has 0 fully saturated rings. The maximum atomic E-state index is 12.2. The number of sulfonamides is 1. The fourth-order valence-electron chi connectivity index (χ4n) is 2.11. The van der Waals surface area contributed by atoms with Gasteiger partial charge in [0.25, 0.3) is 5.91 Å². The molecule has 0 unspecified atom stereocenters. The Morgan fingerprint density at radius 1 is 1.08 bits per heavy atom. The molecule has 0 bridgehead atoms. The molecule has 0 aliphatic carbocycles. The van der Waals surface area contributed by atoms with E-state index in [1.54, 1.807) is 24.3 Å². The van der Waals surface area contributed by atoms with Gasteiger partial charge in [0.05, 0.1) is 12.3 Å². The zero-order valence-corrected chi connectivity index (χ0v) is 15.3. The van der Waals surface area contributed by atoms with Crippen molar-refractivity contribution < 1.29 is 17.9 Å². The Morgan fingerprint density at radius 2 is 1.68 bits per heavy atom. The number of carbonyl (C=O) groups excluding carboxylic acids is 1. The van der Waals surface area contributed by atoms with Crippen LogP contribution in [-0.2, 0) is 10.0 Å². The van der Waals surface area contributed by atoms with E-state index < -0.39 is 10.0 Å². The Labute approximate surface area is 148 Å². The van der Waals surface area contributed by atoms with Crippen LogP contribution >= 0.6 is 0 Å². The number of aryl methyl sites for hydroxylation is 1. The van der Waals surface area contributed by atoms with Crippen LogP contribution in [0.25, 0.3) is 0 Å². The van der Waals surface area contributed by atoms with Crippen molar-refractivity contribution in [1.82, 2.24) is 5.32 Å². The van der Waals surface area contributed by atoms with E-state index in [1.165, 1.54) is 0 Å². The molecule has 0 saturated heterocycles. The first-order valence-electron chi connectivity index (χ1n) is 7.81. The minimum atomic E-state index is -3.33. The summed E-state index contributed by atoms with van der Waals surface area (Å²) >= 11 is 0. The van der Waals surface area contributed by atoms with Gasteiger partial charge >= 0.3 is 0 Å². The molecular formula is C18H22N2O4S. The van der Waals surface area contributed by atoms with Crippen molar-refractivity contribution in [3.05, 3.63) is 59.7 Å². The van der Waals surface area contributed by atoms with Crippen LogP contribution in [0.5, 0.6) is 5.75 Å². The van der Waals surface area contributed by atoms with Gasteiger partial charge in [-0.1, -0.05) is 17.7 Å². The van der Waals surface area contributed by atoms with Crippen LogP contribution in [0.1, 0.15) is 22.8 Å². The molecule has 0 heterocycles. The highest BCUT2D eigenvalue weighted by atomic mass is 32.2. The highest BCUT2D eigenvalue weighted by Crippen LogP contribution is 2.13. The number of hydrogen-bond acceptors (Lipinski definition) is 4. The molecular weight excluding hydrogens is 340 g/mol. The van der Waals surface area contributed by atoms with E-state index in [9.17, 15) is 13.2 Å². The largest absolute Gasteiger partial charge is 0.491 e. The minimum absolute atomic E-state index is 0.178. The summed E-state index contributed by atoms with van der Waals surface area (Å²) in [5, 5.41) is 2.84. The van der Waals surface area contributed by atoms with Gasteiger partial charge in [-0.05, 0) is 50.2 Å². The van der Waals surface area contributed by atoms with Crippen molar-refractivity contribution in [2.45, 2.75) is 19.9 Å². The summed E-state index contributed by atoms with van der Waals surface area (Å²) in [6.45, 7) is 4.21. The third-order valence-corrected chi connectivity index (χ3v) is 3.96. The predicted octanol–water partition coefficient (Wildman–Crippen LogP) is 2.56. The SMILES string of the molecule is Cc1ccc(OC[C@H](C)NC(=O)c2ccc(NS(C)(=O)=O)cc2)cc1. The number of anilines is 1. The smallest absolute Gasteiger partial charge is 0.251 e. The van der Waals surface area contributed by atoms with Crippen LogP contribution in [0.4, 0.5) is 5.69 Å². The summed E-state index contributed by atoms with van der Waals surface area (Å²) in [5.41, 5.74) is 2.01. The van der Waals surface area contributed by atoms with E-state index >= 15 is 0 Å². The average Bonchev–Trinajstić information content (AvgIpc) is 2.53. The Balaban J connectivity index is 1.86. The minimum Gasteiger partial charge on any atom is -0.491 e. The monoisotopic (exact) mass is 362 g/mol. The van der Waals surface area contributed by atoms with Crippen molar-refractivity contribution in [2.75, 3.05) is 17.6 Å². The second-order valence-corrected chi connectivity index (χ2v) is 7.70. The molecule has 1 amide bonds. The number of ether oxygens (including phenoxy) is 1. The summed E-state index contributed by atoms with van der Waals surface area (Å²) in [7, 11) is -3.33. The van der Waals surface area contributed by atoms with Crippen LogP contribution in [0.3, 0.4) is 0 Å². The van der Waals surface area contributed by atoms with Gasteiger partial charge in [-0.25, -0.2) is 8.42 Å². The van der Waals surface area contributed by atoms with Gasteiger partial charge < -0.3 is 10.1 Å². The van der Waals surface area contributed by atoms with Crippen molar-refractivity contribution in [3.8, 4) is 5.75 Å². The third-order valence-electron chi connectivity index (χ3n) is 3.35. The number of rotatable bonds is 7. The molecule has 2 N–H and O–H groups in total. The maximum absolute atomic E-state index is 12.2. The lowest BCUT2D eigenvalue weighted by Crippen LogP contribution is -2.36. The average molecular weight is 362 g/mol. The fraction of sp³-hybridized carbons (Fsp3) is 0.278. The molecule has 134 valence electrons. The Morgan fingerprint density at radius 3 is 2.24 bits per heavy atom. The first kappa shape index (κ1) is 18.8. The molecule has 0 aromatic heterocycles. The van der Waals surface area contributed by atoms with Gasteiger partial charge in [0.15, 0.2) is 0 Å². The molecule has 2 aromatic rings. The number of benzene rings is 2. The molecule has 0 spiro atoms. The second-order valence-electron chi connectivity index (χ2n) is 5.95. The normalized spacial score (nSPS) is 12.3. The van der Waals surface area contributed by atoms with Crippen LogP contribution in [0.15, 0.2) is 48.5 Å². The van der Waals surface area contributed by atoms with Crippen LogP contribution in [0, 0.1) is 6.92 Å². The van der Waals surface area contributed by atoms with E-state index in [-0.39, 0.29) is 11.9 Å². The number of carbonyl (C=O) groups is 1. The Kier molecular flexibility index (Phi) is 6.03. The van der Waals surface area contributed by atoms with Gasteiger partial charge in [0.2, 0.25) is 10.0 Å². The molecule has 2 aromatic carbocycles. The van der Waals surface area contributed by atoms with Gasteiger partial charge in [0, 0.05) is 11.3 Å². The number of amides is 1. The second kappa shape index (κ2) is 8.02. The molecule has 0 aliphatic heterocycles. The maximum Gasteiger partial charge on any atom is 0.251 e. The van der Waals surface area contributed by atoms with Crippen molar-refractivity contribution in [1.29, 1.82) is 0 Å². The van der Waals surface area contributed by atoms with E-state index in [4.69, 9.17) is 4.74 Å². The lowest BCUT2D eigenvalue weighted by atomic mass is 10.2. The highest BCUT2D eigenvalue weighted by molar-refractivity contribution is 7.92. The summed E-state index contributed by atoms with van der Waals surface area (Å²) in [6.07, 6.45) is 1.07. The zero-order valence-electron chi connectivity index (χ0n) is 14.4. The van der Waals surface area contributed by atoms with E-state index in [1.807, 2.05) is 38.1 Å². The Hall–Kier alpha value is -2.54. The number of hydrogen-bond donors (Lipinski definition) is 2. The van der Waals surface area contributed by atoms with Gasteiger partial charge in [0.1, 0.15) is 12.4 Å². The van der Waals surface area contributed by atoms with E-state index in [2.05, 4.69) is 10.0 Å². The Bertz CT molecular complexity index is 815. The molecule has 7 heteroatoms. The lowest BCUT2D eigenvalue weighted by Gasteiger charge is -2.15. The first-order chi connectivity index (χ1) is 11.7. The summed E-state index contributed by atoms with van der Waals surface area (Å²) < 4.78 is 30.3. The molecule has 0 saturated carbocycles. The van der Waals surface area contributed by atoms with E-state index in [0.29, 0.717) is 17.9 Å². The molecule has 1 atom stereocenters. The first-order valence-corrected chi connectivity index (χ1v) is 9.70. The summed E-state index contributed by atoms with van der Waals surface area (Å²) in [5.74, 6) is 0.508. The molecule has 0 aliphatic rings. The fourth-order valence-corrected chi connectivity index (χ4v) is 2.67. The lowest BCUT2D eigenvalue weighted by molar-refractivity contribution is 0.0926. The van der Waals surface area contributed by atoms with Crippen LogP contribution in [0.2, 0.25) is 0 Å². The van der Waals surface area contributed by atoms with Crippen molar-refractivity contribution in [2.24, 2.45) is 0 Å². The van der Waals surface area contributed by atoms with Gasteiger partial charge in [-0.15, -0.1) is 0 Å². The van der Waals surface area contributed by atoms with E-state index in [0.717, 1.165) is 17.6 Å². The van der Waals surface area contributed by atoms with Gasteiger partial charge in [-0.2, -0.15) is 0 Å². The van der Waals surface area contributed by atoms with Crippen molar-refractivity contribution >= 4 is 21.6 Å². The molecule has 25 heavy (non-hydrogen) atoms. The summed E-state index contributed by atoms with van der Waals surface area (Å²) in [6, 6.07) is 13.7. The van der Waals surface area contributed by atoms with Gasteiger partial charge in [-0.3, -0.25) is 9.52 Å². The predicted molar refractivity (Wildman–Crippen MR) is 98.5 cm³/mol. The standard InChI is InChI=1S/C18H22N2O4S/c1-13-4-10-17(11-5-13)24-12-14(2)19-18(21)15-6-8-16(9-7-15)20-25(3,22)23/h4-11,14,20H,12H2,1-3H3,(H,19,21)/t14-/m0/s1. The highest BCUT2D eigenvalue weighted by Gasteiger charge is 2.11. The topological polar surface area (TPSA) is 84.5 Å². The third kappa shape index (κ3) is 6.46. The van der Waals surface area contributed by atoms with Crippen molar-refractivity contribution in [3.63, 3.8) is 0 Å². The molecule has 6 nitrogen and oxygen atoms in total. The molecule has 2 rings (SSSR count). The summed E-state index contributed by atoms with van der Waals surface area (Å²) in [4.78, 5) is 12.2. The number of nitrogens with one attached hydrogen (secondary N) is 2. The zero-order chi connectivity index (χ0) is 18.4. The van der Waals surface area contributed by atoms with Crippen LogP contribution in [-0.4, -0.2) is 33.2 Å².